The molecule has 1 atom stereocenters. The van der Waals surface area contributed by atoms with E-state index in [1.54, 1.807) is 18.0 Å². The molecule has 0 amide bonds. The number of hydrogen-bond donors (Lipinski definition) is 2. The standard InChI is InChI=1S/C16H20N4O3S2/c1-10(21)13-9-24-6-4-20(13)8-12-11(16(22)23-2)7-18-14(19-12)15-17-3-5-25-15/h3,5,13,21H,1,4,6-9H2,2H3,(H,18,19). The van der Waals surface area contributed by atoms with E-state index in [2.05, 4.69) is 26.8 Å². The van der Waals surface area contributed by atoms with E-state index in [9.17, 15) is 9.90 Å². The number of esters is 1. The van der Waals surface area contributed by atoms with Crippen molar-refractivity contribution in [2.45, 2.75) is 6.04 Å². The van der Waals surface area contributed by atoms with Crippen LogP contribution >= 0.6 is 23.1 Å². The van der Waals surface area contributed by atoms with Crippen LogP contribution in [-0.4, -0.2) is 71.1 Å². The predicted molar refractivity (Wildman–Crippen MR) is 100 cm³/mol. The number of thiazole rings is 1. The lowest BCUT2D eigenvalue weighted by molar-refractivity contribution is -0.136. The van der Waals surface area contributed by atoms with E-state index in [-0.39, 0.29) is 18.3 Å². The Hall–Kier alpha value is -1.84. The fourth-order valence-electron chi connectivity index (χ4n) is 2.76. The Morgan fingerprint density at radius 2 is 2.44 bits per heavy atom. The molecule has 3 rings (SSSR count). The van der Waals surface area contributed by atoms with Crippen molar-refractivity contribution in [3.63, 3.8) is 0 Å². The number of nitrogens with zero attached hydrogens (tertiary/aromatic N) is 3. The van der Waals surface area contributed by atoms with Crippen LogP contribution in [0.5, 0.6) is 0 Å². The molecule has 134 valence electrons. The highest BCUT2D eigenvalue weighted by Crippen LogP contribution is 2.23. The number of rotatable bonds is 5. The first-order chi connectivity index (χ1) is 12.1. The zero-order valence-corrected chi connectivity index (χ0v) is 15.5. The van der Waals surface area contributed by atoms with Gasteiger partial charge in [0.25, 0.3) is 0 Å². The summed E-state index contributed by atoms with van der Waals surface area (Å²) in [5, 5.41) is 15.8. The number of carbonyl (C=O) groups excluding carboxylic acids is 1. The minimum Gasteiger partial charge on any atom is -0.511 e. The van der Waals surface area contributed by atoms with Crippen molar-refractivity contribution in [3.05, 3.63) is 40.2 Å². The van der Waals surface area contributed by atoms with Crippen molar-refractivity contribution in [1.29, 1.82) is 0 Å². The first kappa shape index (κ1) is 18.0. The Kier molecular flexibility index (Phi) is 5.77. The lowest BCUT2D eigenvalue weighted by Crippen LogP contribution is -2.47. The summed E-state index contributed by atoms with van der Waals surface area (Å²) < 4.78 is 4.90. The largest absolute Gasteiger partial charge is 0.511 e. The van der Waals surface area contributed by atoms with Gasteiger partial charge in [0.15, 0.2) is 10.8 Å². The van der Waals surface area contributed by atoms with Crippen LogP contribution in [0.25, 0.3) is 0 Å². The number of aromatic nitrogens is 1. The average Bonchev–Trinajstić information content (AvgIpc) is 3.16. The summed E-state index contributed by atoms with van der Waals surface area (Å²) in [6.45, 7) is 5.23. The second-order valence-electron chi connectivity index (χ2n) is 5.63. The fourth-order valence-corrected chi connectivity index (χ4v) is 4.51. The monoisotopic (exact) mass is 380 g/mol. The van der Waals surface area contributed by atoms with Crippen LogP contribution in [0.2, 0.25) is 0 Å². The van der Waals surface area contributed by atoms with E-state index < -0.39 is 5.97 Å². The normalized spacial score (nSPS) is 21.5. The van der Waals surface area contributed by atoms with Gasteiger partial charge in [0.1, 0.15) is 5.76 Å². The highest BCUT2D eigenvalue weighted by atomic mass is 32.2. The summed E-state index contributed by atoms with van der Waals surface area (Å²) in [4.78, 5) is 23.0. The van der Waals surface area contributed by atoms with E-state index in [0.29, 0.717) is 18.0 Å². The van der Waals surface area contributed by atoms with Crippen molar-refractivity contribution >= 4 is 34.9 Å². The molecule has 9 heteroatoms. The van der Waals surface area contributed by atoms with Crippen molar-refractivity contribution in [1.82, 2.24) is 15.2 Å². The van der Waals surface area contributed by atoms with Crippen LogP contribution in [0.1, 0.15) is 5.01 Å². The third-order valence-corrected chi connectivity index (χ3v) is 5.88. The molecule has 2 aliphatic heterocycles. The predicted octanol–water partition coefficient (Wildman–Crippen LogP) is 1.41. The van der Waals surface area contributed by atoms with Crippen molar-refractivity contribution in [3.8, 4) is 0 Å². The van der Waals surface area contributed by atoms with E-state index in [0.717, 1.165) is 28.8 Å². The van der Waals surface area contributed by atoms with Crippen LogP contribution in [-0.2, 0) is 9.53 Å². The molecule has 1 aromatic rings. The minimum absolute atomic E-state index is 0.130. The van der Waals surface area contributed by atoms with Gasteiger partial charge in [-0.25, -0.2) is 9.78 Å². The first-order valence-corrected chi connectivity index (χ1v) is 9.84. The summed E-state index contributed by atoms with van der Waals surface area (Å²) in [6.07, 6.45) is 1.72. The number of nitrogens with one attached hydrogen (secondary N) is 1. The van der Waals surface area contributed by atoms with Gasteiger partial charge in [-0.2, -0.15) is 11.8 Å². The number of ether oxygens (including phenoxy) is 1. The molecule has 1 fully saturated rings. The summed E-state index contributed by atoms with van der Waals surface area (Å²) >= 11 is 3.27. The van der Waals surface area contributed by atoms with E-state index >= 15 is 0 Å². The van der Waals surface area contributed by atoms with Crippen molar-refractivity contribution < 1.29 is 14.6 Å². The number of methoxy groups -OCH3 is 1. The third-order valence-electron chi connectivity index (χ3n) is 4.08. The summed E-state index contributed by atoms with van der Waals surface area (Å²) in [5.41, 5.74) is 1.24. The van der Waals surface area contributed by atoms with Crippen LogP contribution < -0.4 is 5.32 Å². The lowest BCUT2D eigenvalue weighted by atomic mass is 10.1. The van der Waals surface area contributed by atoms with E-state index in [1.807, 2.05) is 5.38 Å². The zero-order valence-electron chi connectivity index (χ0n) is 13.9. The molecular weight excluding hydrogens is 360 g/mol. The van der Waals surface area contributed by atoms with Gasteiger partial charge >= 0.3 is 5.97 Å². The quantitative estimate of drug-likeness (QED) is 0.590. The molecule has 1 saturated heterocycles. The number of aliphatic hydroxyl groups excluding tert-OH is 1. The first-order valence-electron chi connectivity index (χ1n) is 7.81. The van der Waals surface area contributed by atoms with Gasteiger partial charge in [-0.1, -0.05) is 6.58 Å². The number of hydrogen-bond acceptors (Lipinski definition) is 9. The van der Waals surface area contributed by atoms with Crippen LogP contribution in [0.4, 0.5) is 0 Å². The van der Waals surface area contributed by atoms with E-state index in [1.165, 1.54) is 18.4 Å². The lowest BCUT2D eigenvalue weighted by Gasteiger charge is -2.36. The Morgan fingerprint density at radius 3 is 3.12 bits per heavy atom. The Bertz CT molecular complexity index is 715. The Balaban J connectivity index is 1.84. The summed E-state index contributed by atoms with van der Waals surface area (Å²) in [5.74, 6) is 2.16. The van der Waals surface area contributed by atoms with Gasteiger partial charge < -0.3 is 15.2 Å². The molecule has 25 heavy (non-hydrogen) atoms. The molecule has 0 aromatic carbocycles. The van der Waals surface area contributed by atoms with Gasteiger partial charge in [-0.3, -0.25) is 9.89 Å². The smallest absolute Gasteiger partial charge is 0.337 e. The summed E-state index contributed by atoms with van der Waals surface area (Å²) in [6, 6.07) is -0.130. The molecule has 0 radical (unpaired) electrons. The number of amidine groups is 1. The van der Waals surface area contributed by atoms with Crippen LogP contribution in [0.3, 0.4) is 0 Å². The maximum absolute atomic E-state index is 12.1. The Morgan fingerprint density at radius 1 is 1.60 bits per heavy atom. The minimum atomic E-state index is -0.393. The topological polar surface area (TPSA) is 87.0 Å². The molecular formula is C16H20N4O3S2. The van der Waals surface area contributed by atoms with Crippen molar-refractivity contribution in [2.24, 2.45) is 4.99 Å². The van der Waals surface area contributed by atoms with Crippen molar-refractivity contribution in [2.75, 3.05) is 38.2 Å². The van der Waals surface area contributed by atoms with E-state index in [4.69, 9.17) is 4.74 Å². The maximum Gasteiger partial charge on any atom is 0.337 e. The molecule has 1 aromatic heterocycles. The second kappa shape index (κ2) is 8.03. The maximum atomic E-state index is 12.1. The average molecular weight is 380 g/mol. The molecule has 2 N–H and O–H groups in total. The Labute approximate surface area is 154 Å². The number of aliphatic hydroxyl groups is 1. The molecule has 2 aliphatic rings. The molecule has 0 spiro atoms. The molecule has 0 aliphatic carbocycles. The van der Waals surface area contributed by atoms with Gasteiger partial charge in [-0.05, 0) is 0 Å². The summed E-state index contributed by atoms with van der Waals surface area (Å²) in [7, 11) is 1.36. The van der Waals surface area contributed by atoms with Gasteiger partial charge in [0.05, 0.1) is 25.3 Å². The SMILES string of the molecule is C=C(O)C1CSCCN1CC1=C(C(=O)OC)CN=C(c2nccs2)N1. The van der Waals surface area contributed by atoms with Crippen LogP contribution in [0, 0.1) is 0 Å². The van der Waals surface area contributed by atoms with Crippen LogP contribution in [0.15, 0.2) is 40.2 Å². The second-order valence-corrected chi connectivity index (χ2v) is 7.67. The third kappa shape index (κ3) is 4.05. The zero-order chi connectivity index (χ0) is 17.8. The molecule has 0 saturated carbocycles. The number of aliphatic imine (C=N–C) groups is 1. The molecule has 7 nitrogen and oxygen atoms in total. The fraction of sp³-hybridized carbons (Fsp3) is 0.438. The molecule has 3 heterocycles. The number of thioether (sulfide) groups is 1. The number of carbonyl (C=O) groups is 1. The van der Waals surface area contributed by atoms with Gasteiger partial charge in [0.2, 0.25) is 0 Å². The highest BCUT2D eigenvalue weighted by Gasteiger charge is 2.29. The molecule has 0 bridgehead atoms. The van der Waals surface area contributed by atoms with Gasteiger partial charge in [0, 0.05) is 41.9 Å². The molecule has 1 unspecified atom stereocenters. The highest BCUT2D eigenvalue weighted by molar-refractivity contribution is 7.99. The van der Waals surface area contributed by atoms with Gasteiger partial charge in [-0.15, -0.1) is 11.3 Å².